The standard InChI is InChI=1S/C18H31N3O2/c1-6-19-17(21-14-18(3,4)22-5)20-12-15-8-10-16(11-9-15)13-23-7-2/h8-11H,6-7,12-14H2,1-5H3,(H2,19,20,21). The van der Waals surface area contributed by atoms with Crippen molar-refractivity contribution in [2.75, 3.05) is 26.8 Å². The zero-order chi connectivity index (χ0) is 17.1. The van der Waals surface area contributed by atoms with E-state index in [-0.39, 0.29) is 5.60 Å². The Bertz CT molecular complexity index is 470. The number of aliphatic imine (C=N–C) groups is 1. The summed E-state index contributed by atoms with van der Waals surface area (Å²) in [5, 5.41) is 6.57. The number of guanidine groups is 1. The van der Waals surface area contributed by atoms with E-state index in [2.05, 4.69) is 46.8 Å². The predicted molar refractivity (Wildman–Crippen MR) is 95.7 cm³/mol. The third-order valence-corrected chi connectivity index (χ3v) is 3.49. The molecule has 5 nitrogen and oxygen atoms in total. The largest absolute Gasteiger partial charge is 0.377 e. The van der Waals surface area contributed by atoms with E-state index in [1.165, 1.54) is 11.1 Å². The minimum Gasteiger partial charge on any atom is -0.377 e. The van der Waals surface area contributed by atoms with E-state index in [0.717, 1.165) is 19.1 Å². The fourth-order valence-corrected chi connectivity index (χ4v) is 1.84. The summed E-state index contributed by atoms with van der Waals surface area (Å²) < 4.78 is 10.8. The first-order valence-electron chi connectivity index (χ1n) is 8.23. The number of hydrogen-bond donors (Lipinski definition) is 2. The Morgan fingerprint density at radius 1 is 1.09 bits per heavy atom. The highest BCUT2D eigenvalue weighted by Crippen LogP contribution is 2.07. The number of ether oxygens (including phenoxy) is 2. The molecule has 0 unspecified atom stereocenters. The van der Waals surface area contributed by atoms with Gasteiger partial charge in [0, 0.05) is 26.8 Å². The molecule has 0 bridgehead atoms. The zero-order valence-electron chi connectivity index (χ0n) is 15.1. The molecule has 0 aliphatic rings. The lowest BCUT2D eigenvalue weighted by Crippen LogP contribution is -2.45. The lowest BCUT2D eigenvalue weighted by atomic mass is 10.1. The summed E-state index contributed by atoms with van der Waals surface area (Å²) in [6.45, 7) is 11.7. The summed E-state index contributed by atoms with van der Waals surface area (Å²) in [4.78, 5) is 4.62. The molecule has 0 aliphatic carbocycles. The van der Waals surface area contributed by atoms with Crippen LogP contribution in [0.1, 0.15) is 38.8 Å². The average molecular weight is 321 g/mol. The van der Waals surface area contributed by atoms with Crippen molar-refractivity contribution in [1.29, 1.82) is 0 Å². The van der Waals surface area contributed by atoms with Crippen molar-refractivity contribution >= 4 is 5.96 Å². The van der Waals surface area contributed by atoms with Gasteiger partial charge in [-0.15, -0.1) is 0 Å². The van der Waals surface area contributed by atoms with Crippen molar-refractivity contribution in [3.05, 3.63) is 35.4 Å². The molecule has 1 rings (SSSR count). The second-order valence-electron chi connectivity index (χ2n) is 5.97. The van der Waals surface area contributed by atoms with Gasteiger partial charge >= 0.3 is 0 Å². The Hall–Kier alpha value is -1.59. The first-order valence-corrected chi connectivity index (χ1v) is 8.23. The van der Waals surface area contributed by atoms with Gasteiger partial charge in [-0.05, 0) is 38.8 Å². The molecule has 130 valence electrons. The van der Waals surface area contributed by atoms with E-state index >= 15 is 0 Å². The molecule has 0 atom stereocenters. The number of nitrogens with one attached hydrogen (secondary N) is 2. The smallest absolute Gasteiger partial charge is 0.191 e. The molecule has 23 heavy (non-hydrogen) atoms. The number of methoxy groups -OCH3 is 1. The number of nitrogens with zero attached hydrogens (tertiary/aromatic N) is 1. The van der Waals surface area contributed by atoms with Crippen molar-refractivity contribution in [2.45, 2.75) is 46.4 Å². The summed E-state index contributed by atoms with van der Waals surface area (Å²) in [7, 11) is 1.72. The Morgan fingerprint density at radius 2 is 1.74 bits per heavy atom. The number of hydrogen-bond acceptors (Lipinski definition) is 3. The lowest BCUT2D eigenvalue weighted by Gasteiger charge is -2.24. The predicted octanol–water partition coefficient (Wildman–Crippen LogP) is 2.70. The molecule has 1 aromatic rings. The van der Waals surface area contributed by atoms with Gasteiger partial charge in [0.05, 0.1) is 18.8 Å². The normalized spacial score (nSPS) is 12.3. The van der Waals surface area contributed by atoms with Crippen LogP contribution in [0, 0.1) is 0 Å². The van der Waals surface area contributed by atoms with Crippen molar-refractivity contribution < 1.29 is 9.47 Å². The molecule has 0 aromatic heterocycles. The van der Waals surface area contributed by atoms with Crippen LogP contribution in [0.3, 0.4) is 0 Å². The molecule has 0 amide bonds. The average Bonchev–Trinajstić information content (AvgIpc) is 2.56. The molecule has 0 saturated heterocycles. The van der Waals surface area contributed by atoms with Crippen LogP contribution in [0.5, 0.6) is 0 Å². The van der Waals surface area contributed by atoms with Crippen LogP contribution in [-0.2, 0) is 22.6 Å². The molecular weight excluding hydrogens is 290 g/mol. The highest BCUT2D eigenvalue weighted by molar-refractivity contribution is 5.79. The lowest BCUT2D eigenvalue weighted by molar-refractivity contribution is 0.0268. The molecule has 2 N–H and O–H groups in total. The molecule has 0 spiro atoms. The van der Waals surface area contributed by atoms with E-state index < -0.39 is 0 Å². The Balaban J connectivity index is 2.58. The summed E-state index contributed by atoms with van der Waals surface area (Å²) in [5.41, 5.74) is 2.14. The second-order valence-corrected chi connectivity index (χ2v) is 5.97. The number of rotatable bonds is 9. The maximum atomic E-state index is 5.42. The fourth-order valence-electron chi connectivity index (χ4n) is 1.84. The van der Waals surface area contributed by atoms with Crippen LogP contribution in [0.2, 0.25) is 0 Å². The maximum absolute atomic E-state index is 5.42. The fraction of sp³-hybridized carbons (Fsp3) is 0.611. The third kappa shape index (κ3) is 8.00. The van der Waals surface area contributed by atoms with Gasteiger partial charge in [0.2, 0.25) is 0 Å². The minimum absolute atomic E-state index is 0.225. The minimum atomic E-state index is -0.225. The van der Waals surface area contributed by atoms with Gasteiger partial charge in [-0.2, -0.15) is 0 Å². The zero-order valence-corrected chi connectivity index (χ0v) is 15.1. The Labute approximate surface area is 140 Å². The molecule has 0 fully saturated rings. The van der Waals surface area contributed by atoms with Crippen LogP contribution in [0.15, 0.2) is 29.3 Å². The van der Waals surface area contributed by atoms with Gasteiger partial charge in [0.25, 0.3) is 0 Å². The molecular formula is C18H31N3O2. The summed E-state index contributed by atoms with van der Waals surface area (Å²) in [5.74, 6) is 0.802. The van der Waals surface area contributed by atoms with E-state index in [1.54, 1.807) is 7.11 Å². The second kappa shape index (κ2) is 10.2. The Morgan fingerprint density at radius 3 is 2.30 bits per heavy atom. The van der Waals surface area contributed by atoms with Crippen LogP contribution in [0.4, 0.5) is 0 Å². The highest BCUT2D eigenvalue weighted by atomic mass is 16.5. The van der Waals surface area contributed by atoms with Gasteiger partial charge < -0.3 is 20.1 Å². The van der Waals surface area contributed by atoms with E-state index in [4.69, 9.17) is 9.47 Å². The summed E-state index contributed by atoms with van der Waals surface area (Å²) >= 11 is 0. The van der Waals surface area contributed by atoms with E-state index in [0.29, 0.717) is 19.7 Å². The van der Waals surface area contributed by atoms with Crippen LogP contribution < -0.4 is 10.6 Å². The van der Waals surface area contributed by atoms with Gasteiger partial charge in [-0.1, -0.05) is 24.3 Å². The van der Waals surface area contributed by atoms with Gasteiger partial charge in [0.15, 0.2) is 5.96 Å². The van der Waals surface area contributed by atoms with E-state index in [9.17, 15) is 0 Å². The van der Waals surface area contributed by atoms with Crippen molar-refractivity contribution in [3.8, 4) is 0 Å². The molecule has 0 aliphatic heterocycles. The van der Waals surface area contributed by atoms with Crippen LogP contribution in [0.25, 0.3) is 0 Å². The Kier molecular flexibility index (Phi) is 8.66. The summed E-state index contributed by atoms with van der Waals surface area (Å²) in [6, 6.07) is 8.38. The molecule has 1 aromatic carbocycles. The van der Waals surface area contributed by atoms with Gasteiger partial charge in [0.1, 0.15) is 0 Å². The molecule has 0 radical (unpaired) electrons. The molecule has 5 heteroatoms. The summed E-state index contributed by atoms with van der Waals surface area (Å²) in [6.07, 6.45) is 0. The monoisotopic (exact) mass is 321 g/mol. The maximum Gasteiger partial charge on any atom is 0.191 e. The van der Waals surface area contributed by atoms with Gasteiger partial charge in [-0.3, -0.25) is 0 Å². The number of benzene rings is 1. The molecule has 0 saturated carbocycles. The van der Waals surface area contributed by atoms with E-state index in [1.807, 2.05) is 20.8 Å². The SMILES string of the molecule is CCNC(=NCc1ccc(COCC)cc1)NCC(C)(C)OC. The highest BCUT2D eigenvalue weighted by Gasteiger charge is 2.16. The first-order chi connectivity index (χ1) is 11.0. The van der Waals surface area contributed by atoms with Crippen molar-refractivity contribution in [2.24, 2.45) is 4.99 Å². The third-order valence-electron chi connectivity index (χ3n) is 3.49. The van der Waals surface area contributed by atoms with Crippen molar-refractivity contribution in [3.63, 3.8) is 0 Å². The van der Waals surface area contributed by atoms with Crippen LogP contribution in [-0.4, -0.2) is 38.4 Å². The quantitative estimate of drug-likeness (QED) is 0.542. The topological polar surface area (TPSA) is 54.9 Å². The van der Waals surface area contributed by atoms with Crippen molar-refractivity contribution in [1.82, 2.24) is 10.6 Å². The van der Waals surface area contributed by atoms with Crippen LogP contribution >= 0.6 is 0 Å². The molecule has 0 heterocycles. The van der Waals surface area contributed by atoms with Gasteiger partial charge in [-0.25, -0.2) is 4.99 Å². The first kappa shape index (κ1) is 19.5.